The van der Waals surface area contributed by atoms with Gasteiger partial charge in [0.05, 0.1) is 11.1 Å². The van der Waals surface area contributed by atoms with Gasteiger partial charge in [-0.15, -0.1) is 0 Å². The summed E-state index contributed by atoms with van der Waals surface area (Å²) in [5.41, 5.74) is 6.18. The number of carbonyl (C=O) groups is 1. The van der Waals surface area contributed by atoms with E-state index in [-0.39, 0.29) is 0 Å². The van der Waals surface area contributed by atoms with E-state index in [0.717, 1.165) is 33.8 Å². The van der Waals surface area contributed by atoms with Gasteiger partial charge in [-0.2, -0.15) is 0 Å². The standard InChI is InChI=1S/C29H29NO3/c1-16-15-18-9-8-11-20-21(14-13-19(16)25(18)20)26-22-10-6-7-12-23(22)30-17(2)24(26)27(28(31)32)33-29(3,4)5/h6-14,16,27H,15H2,1-5H3,(H,31,32)/t16-,27+/m1/s1. The summed E-state index contributed by atoms with van der Waals surface area (Å²) in [5.74, 6) is -0.531. The average Bonchev–Trinajstić information content (AvgIpc) is 3.08. The molecule has 3 aromatic carbocycles. The second-order valence-corrected chi connectivity index (χ2v) is 10.1. The van der Waals surface area contributed by atoms with E-state index in [1.54, 1.807) is 0 Å². The lowest BCUT2D eigenvalue weighted by atomic mass is 9.87. The molecule has 1 aliphatic rings. The zero-order chi connectivity index (χ0) is 23.5. The smallest absolute Gasteiger partial charge is 0.337 e. The van der Waals surface area contributed by atoms with E-state index in [0.29, 0.717) is 17.2 Å². The quantitative estimate of drug-likeness (QED) is 0.373. The number of aromatic nitrogens is 1. The van der Waals surface area contributed by atoms with Gasteiger partial charge in [0.2, 0.25) is 0 Å². The summed E-state index contributed by atoms with van der Waals surface area (Å²) in [6, 6.07) is 18.8. The van der Waals surface area contributed by atoms with Crippen LogP contribution in [0, 0.1) is 6.92 Å². The first-order chi connectivity index (χ1) is 15.7. The topological polar surface area (TPSA) is 59.4 Å². The summed E-state index contributed by atoms with van der Waals surface area (Å²) in [7, 11) is 0. The third kappa shape index (κ3) is 3.59. The fourth-order valence-electron chi connectivity index (χ4n) is 5.30. The minimum absolute atomic E-state index is 0.477. The van der Waals surface area contributed by atoms with Crippen molar-refractivity contribution in [2.45, 2.75) is 58.7 Å². The first kappa shape index (κ1) is 21.6. The molecule has 0 fully saturated rings. The number of pyridine rings is 1. The number of aliphatic carboxylic acids is 1. The highest BCUT2D eigenvalue weighted by atomic mass is 16.5. The van der Waals surface area contributed by atoms with Gasteiger partial charge in [0.25, 0.3) is 0 Å². The first-order valence-electron chi connectivity index (χ1n) is 11.5. The van der Waals surface area contributed by atoms with Crippen LogP contribution in [0.4, 0.5) is 0 Å². The summed E-state index contributed by atoms with van der Waals surface area (Å²) in [6.45, 7) is 9.80. The minimum Gasteiger partial charge on any atom is -0.479 e. The Morgan fingerprint density at radius 2 is 1.79 bits per heavy atom. The maximum absolute atomic E-state index is 12.5. The summed E-state index contributed by atoms with van der Waals surface area (Å²) in [6.07, 6.45) is -0.0941. The van der Waals surface area contributed by atoms with Crippen LogP contribution in [0.1, 0.15) is 62.1 Å². The summed E-state index contributed by atoms with van der Waals surface area (Å²) in [4.78, 5) is 17.3. The van der Waals surface area contributed by atoms with E-state index < -0.39 is 17.7 Å². The molecule has 0 spiro atoms. The largest absolute Gasteiger partial charge is 0.479 e. The monoisotopic (exact) mass is 439 g/mol. The highest BCUT2D eigenvalue weighted by molar-refractivity contribution is 6.09. The van der Waals surface area contributed by atoms with Gasteiger partial charge >= 0.3 is 5.97 Å². The fourth-order valence-corrected chi connectivity index (χ4v) is 5.30. The van der Waals surface area contributed by atoms with E-state index in [2.05, 4.69) is 37.3 Å². The molecule has 0 radical (unpaired) electrons. The molecule has 4 heteroatoms. The highest BCUT2D eigenvalue weighted by Crippen LogP contribution is 2.46. The number of carboxylic acid groups (broad SMARTS) is 1. The second kappa shape index (κ2) is 7.67. The van der Waals surface area contributed by atoms with Gasteiger partial charge in [0, 0.05) is 16.6 Å². The number of carboxylic acids is 1. The summed E-state index contributed by atoms with van der Waals surface area (Å²) < 4.78 is 6.13. The minimum atomic E-state index is -1.13. The number of benzene rings is 3. The molecule has 33 heavy (non-hydrogen) atoms. The van der Waals surface area contributed by atoms with Gasteiger partial charge in [-0.25, -0.2) is 4.79 Å². The van der Waals surface area contributed by atoms with Gasteiger partial charge in [0.15, 0.2) is 6.10 Å². The van der Waals surface area contributed by atoms with Crippen molar-refractivity contribution in [1.82, 2.24) is 4.98 Å². The Kier molecular flexibility index (Phi) is 5.02. The molecule has 4 aromatic rings. The van der Waals surface area contributed by atoms with Gasteiger partial charge in [-0.3, -0.25) is 4.98 Å². The normalized spacial score (nSPS) is 16.5. The average molecular weight is 440 g/mol. The Hall–Kier alpha value is -3.24. The molecular weight excluding hydrogens is 410 g/mol. The van der Waals surface area contributed by atoms with Crippen LogP contribution < -0.4 is 0 Å². The molecule has 2 atom stereocenters. The summed E-state index contributed by atoms with van der Waals surface area (Å²) in [5, 5.41) is 13.6. The molecule has 1 aliphatic carbocycles. The third-order valence-electron chi connectivity index (χ3n) is 6.56. The predicted molar refractivity (Wildman–Crippen MR) is 133 cm³/mol. The van der Waals surface area contributed by atoms with Crippen molar-refractivity contribution in [1.29, 1.82) is 0 Å². The fraction of sp³-hybridized carbons (Fsp3) is 0.310. The van der Waals surface area contributed by atoms with Crippen LogP contribution in [0.2, 0.25) is 0 Å². The Bertz CT molecular complexity index is 1410. The number of nitrogens with zero attached hydrogens (tertiary/aromatic N) is 1. The molecule has 4 nitrogen and oxygen atoms in total. The number of aryl methyl sites for hydroxylation is 1. The van der Waals surface area contributed by atoms with Gasteiger partial charge in [-0.05, 0) is 79.1 Å². The second-order valence-electron chi connectivity index (χ2n) is 10.1. The van der Waals surface area contributed by atoms with Crippen LogP contribution in [-0.2, 0) is 16.0 Å². The van der Waals surface area contributed by atoms with E-state index in [9.17, 15) is 9.90 Å². The van der Waals surface area contributed by atoms with E-state index in [1.165, 1.54) is 16.5 Å². The predicted octanol–water partition coefficient (Wildman–Crippen LogP) is 6.96. The molecule has 1 heterocycles. The van der Waals surface area contributed by atoms with Gasteiger partial charge in [0.1, 0.15) is 0 Å². The van der Waals surface area contributed by atoms with Crippen molar-refractivity contribution in [3.63, 3.8) is 0 Å². The molecular formula is C29H29NO3. The van der Waals surface area contributed by atoms with E-state index in [4.69, 9.17) is 9.72 Å². The zero-order valence-electron chi connectivity index (χ0n) is 19.8. The van der Waals surface area contributed by atoms with Crippen LogP contribution in [-0.4, -0.2) is 21.7 Å². The summed E-state index contributed by atoms with van der Waals surface area (Å²) >= 11 is 0. The molecule has 0 unspecified atom stereocenters. The van der Waals surface area contributed by atoms with Crippen molar-refractivity contribution >= 4 is 27.6 Å². The molecule has 1 N–H and O–H groups in total. The third-order valence-corrected chi connectivity index (χ3v) is 6.56. The number of para-hydroxylation sites is 1. The lowest BCUT2D eigenvalue weighted by Gasteiger charge is -2.28. The van der Waals surface area contributed by atoms with Crippen LogP contribution in [0.5, 0.6) is 0 Å². The van der Waals surface area contributed by atoms with Crippen molar-refractivity contribution < 1.29 is 14.6 Å². The van der Waals surface area contributed by atoms with E-state index >= 15 is 0 Å². The van der Waals surface area contributed by atoms with Gasteiger partial charge in [-0.1, -0.05) is 55.5 Å². The Balaban J connectivity index is 1.91. The number of fused-ring (bicyclic) bond motifs is 1. The number of hydrogen-bond acceptors (Lipinski definition) is 3. The van der Waals surface area contributed by atoms with Crippen LogP contribution >= 0.6 is 0 Å². The highest BCUT2D eigenvalue weighted by Gasteiger charge is 2.33. The van der Waals surface area contributed by atoms with Crippen LogP contribution in [0.3, 0.4) is 0 Å². The lowest BCUT2D eigenvalue weighted by Crippen LogP contribution is -2.28. The van der Waals surface area contributed by atoms with Crippen LogP contribution in [0.25, 0.3) is 32.8 Å². The van der Waals surface area contributed by atoms with E-state index in [1.807, 2.05) is 52.0 Å². The molecule has 0 saturated heterocycles. The molecule has 1 aromatic heterocycles. The maximum atomic E-state index is 12.5. The Morgan fingerprint density at radius 3 is 2.52 bits per heavy atom. The number of ether oxygens (including phenoxy) is 1. The zero-order valence-corrected chi connectivity index (χ0v) is 19.8. The molecule has 0 amide bonds. The van der Waals surface area contributed by atoms with Crippen LogP contribution in [0.15, 0.2) is 54.6 Å². The first-order valence-corrected chi connectivity index (χ1v) is 11.5. The van der Waals surface area contributed by atoms with Crippen molar-refractivity contribution in [3.8, 4) is 11.1 Å². The molecule has 0 bridgehead atoms. The van der Waals surface area contributed by atoms with Crippen molar-refractivity contribution in [2.24, 2.45) is 0 Å². The Labute approximate surface area is 194 Å². The molecule has 168 valence electrons. The lowest BCUT2D eigenvalue weighted by molar-refractivity contribution is -0.160. The number of rotatable bonds is 4. The van der Waals surface area contributed by atoms with Crippen molar-refractivity contribution in [2.75, 3.05) is 0 Å². The molecule has 0 saturated carbocycles. The molecule has 0 aliphatic heterocycles. The molecule has 5 rings (SSSR count). The van der Waals surface area contributed by atoms with Gasteiger partial charge < -0.3 is 9.84 Å². The van der Waals surface area contributed by atoms with Crippen molar-refractivity contribution in [3.05, 3.63) is 77.0 Å². The SMILES string of the molecule is Cc1nc2ccccc2c(-c2ccc3c4c(cccc24)C[C@H]3C)c1[C@H](OC(C)(C)C)C(=O)O. The maximum Gasteiger partial charge on any atom is 0.337 e. The Morgan fingerprint density at radius 1 is 1.06 bits per heavy atom. The number of hydrogen-bond donors (Lipinski definition) is 1.